The van der Waals surface area contributed by atoms with Gasteiger partial charge in [-0.15, -0.1) is 0 Å². The molecule has 2 heterocycles. The number of aliphatic hydroxyl groups excluding tert-OH is 4. The van der Waals surface area contributed by atoms with Gasteiger partial charge in [-0.05, 0) is 24.3 Å². The maximum Gasteiger partial charge on any atom is 0.193 e. The Balaban J connectivity index is 1.80. The molecule has 0 amide bonds. The summed E-state index contributed by atoms with van der Waals surface area (Å²) in [6, 6.07) is 7.40. The molecular formula is C21H20O10. The van der Waals surface area contributed by atoms with E-state index in [1.54, 1.807) is 0 Å². The molecule has 1 aromatic heterocycles. The molecule has 2 aromatic carbocycles. The molecule has 4 rings (SSSR count). The van der Waals surface area contributed by atoms with Gasteiger partial charge in [0.25, 0.3) is 0 Å². The number of phenolic OH excluding ortho intramolecular Hbond substituents is 3. The average Bonchev–Trinajstić information content (AvgIpc) is 2.74. The van der Waals surface area contributed by atoms with E-state index in [1.807, 2.05) is 0 Å². The molecule has 1 aliphatic rings. The van der Waals surface area contributed by atoms with Crippen LogP contribution in [0.15, 0.2) is 45.6 Å². The van der Waals surface area contributed by atoms with Crippen LogP contribution in [0, 0.1) is 0 Å². The minimum Gasteiger partial charge on any atom is -0.507 e. The summed E-state index contributed by atoms with van der Waals surface area (Å²) in [5, 5.41) is 69.2. The summed E-state index contributed by atoms with van der Waals surface area (Å²) >= 11 is 0. The van der Waals surface area contributed by atoms with Crippen LogP contribution < -0.4 is 5.43 Å². The highest BCUT2D eigenvalue weighted by Gasteiger charge is 2.44. The van der Waals surface area contributed by atoms with Gasteiger partial charge in [-0.2, -0.15) is 0 Å². The zero-order chi connectivity index (χ0) is 22.4. The van der Waals surface area contributed by atoms with E-state index in [2.05, 4.69) is 0 Å². The van der Waals surface area contributed by atoms with Crippen molar-refractivity contribution in [3.05, 3.63) is 52.2 Å². The summed E-state index contributed by atoms with van der Waals surface area (Å²) in [6.45, 7) is -0.638. The number of ether oxygens (including phenoxy) is 1. The summed E-state index contributed by atoms with van der Waals surface area (Å²) in [6.07, 6.45) is -7.35. The fourth-order valence-corrected chi connectivity index (χ4v) is 3.61. The lowest BCUT2D eigenvalue weighted by molar-refractivity contribution is -0.232. The number of aromatic hydroxyl groups is 3. The molecule has 3 aromatic rings. The van der Waals surface area contributed by atoms with Gasteiger partial charge in [0, 0.05) is 23.3 Å². The molecule has 5 atom stereocenters. The first-order valence-corrected chi connectivity index (χ1v) is 9.35. The summed E-state index contributed by atoms with van der Waals surface area (Å²) in [5.74, 6) is -1.08. The average molecular weight is 432 g/mol. The Labute approximate surface area is 174 Å². The molecule has 0 unspecified atom stereocenters. The Morgan fingerprint density at radius 3 is 2.26 bits per heavy atom. The Bertz CT molecular complexity index is 1180. The minimum absolute atomic E-state index is 0.000838. The predicted molar refractivity (Wildman–Crippen MR) is 106 cm³/mol. The van der Waals surface area contributed by atoms with Crippen molar-refractivity contribution < 1.29 is 44.9 Å². The van der Waals surface area contributed by atoms with Crippen molar-refractivity contribution in [1.29, 1.82) is 0 Å². The highest BCUT2D eigenvalue weighted by molar-refractivity contribution is 5.81. The van der Waals surface area contributed by atoms with E-state index >= 15 is 0 Å². The first-order valence-electron chi connectivity index (χ1n) is 9.35. The quantitative estimate of drug-likeness (QED) is 0.280. The fraction of sp³-hybridized carbons (Fsp3) is 0.286. The van der Waals surface area contributed by atoms with Gasteiger partial charge in [0.2, 0.25) is 0 Å². The lowest BCUT2D eigenvalue weighted by Gasteiger charge is -2.40. The van der Waals surface area contributed by atoms with Crippen LogP contribution in [0.25, 0.3) is 22.3 Å². The highest BCUT2D eigenvalue weighted by Crippen LogP contribution is 2.39. The number of rotatable bonds is 3. The van der Waals surface area contributed by atoms with Crippen LogP contribution in [-0.4, -0.2) is 66.8 Å². The third-order valence-electron chi connectivity index (χ3n) is 5.34. The van der Waals surface area contributed by atoms with Crippen molar-refractivity contribution in [1.82, 2.24) is 0 Å². The monoisotopic (exact) mass is 432 g/mol. The first kappa shape index (κ1) is 21.1. The van der Waals surface area contributed by atoms with Crippen molar-refractivity contribution in [2.45, 2.75) is 30.5 Å². The maximum absolute atomic E-state index is 12.7. The van der Waals surface area contributed by atoms with E-state index < -0.39 is 54.1 Å². The van der Waals surface area contributed by atoms with Crippen LogP contribution in [0.1, 0.15) is 11.7 Å². The molecule has 0 radical (unpaired) electrons. The molecule has 1 saturated heterocycles. The Hall–Kier alpha value is -3.15. The van der Waals surface area contributed by atoms with Gasteiger partial charge >= 0.3 is 0 Å². The Morgan fingerprint density at radius 1 is 0.839 bits per heavy atom. The van der Waals surface area contributed by atoms with E-state index in [-0.39, 0.29) is 28.0 Å². The molecule has 7 N–H and O–H groups in total. The third kappa shape index (κ3) is 3.60. The molecule has 10 heteroatoms. The van der Waals surface area contributed by atoms with Crippen LogP contribution in [0.5, 0.6) is 17.2 Å². The number of benzene rings is 2. The number of hydrogen-bond acceptors (Lipinski definition) is 10. The molecule has 164 valence electrons. The van der Waals surface area contributed by atoms with E-state index in [0.29, 0.717) is 5.56 Å². The van der Waals surface area contributed by atoms with Crippen molar-refractivity contribution in [2.75, 3.05) is 6.61 Å². The fourth-order valence-electron chi connectivity index (χ4n) is 3.61. The number of aliphatic hydroxyl groups is 4. The van der Waals surface area contributed by atoms with Crippen molar-refractivity contribution >= 4 is 11.0 Å². The van der Waals surface area contributed by atoms with Crippen molar-refractivity contribution in [3.63, 3.8) is 0 Å². The largest absolute Gasteiger partial charge is 0.507 e. The van der Waals surface area contributed by atoms with Crippen LogP contribution in [0.3, 0.4) is 0 Å². The van der Waals surface area contributed by atoms with Gasteiger partial charge < -0.3 is 44.9 Å². The number of hydrogen-bond donors (Lipinski definition) is 7. The topological polar surface area (TPSA) is 181 Å². The zero-order valence-corrected chi connectivity index (χ0v) is 15.9. The summed E-state index contributed by atoms with van der Waals surface area (Å²) in [7, 11) is 0. The van der Waals surface area contributed by atoms with Gasteiger partial charge in [-0.25, -0.2) is 0 Å². The predicted octanol–water partition coefficient (Wildman–Crippen LogP) is 0.0917. The molecule has 0 saturated carbocycles. The maximum atomic E-state index is 12.7. The normalized spacial score (nSPS) is 26.3. The van der Waals surface area contributed by atoms with Gasteiger partial charge in [0.15, 0.2) is 16.9 Å². The van der Waals surface area contributed by atoms with Crippen LogP contribution in [0.4, 0.5) is 0 Å². The van der Waals surface area contributed by atoms with Gasteiger partial charge in [-0.1, -0.05) is 0 Å². The van der Waals surface area contributed by atoms with Gasteiger partial charge in [0.05, 0.1) is 12.0 Å². The number of fused-ring (bicyclic) bond motifs is 1. The molecule has 0 bridgehead atoms. The molecule has 31 heavy (non-hydrogen) atoms. The number of phenols is 3. The van der Waals surface area contributed by atoms with Crippen molar-refractivity contribution in [2.24, 2.45) is 0 Å². The molecule has 0 aliphatic carbocycles. The van der Waals surface area contributed by atoms with Crippen LogP contribution in [0.2, 0.25) is 0 Å². The standard InChI is InChI=1S/C21H20O10/c22-7-17-18(27)19(28)20(29)21(31-17)10-4-9-12(24)5-15(30-16(9)6-13(10)25)8-1-2-11(23)14(26)3-8/h1-6,17-23,25-29H,7H2/t17-,18-,19+,20-,21+/m1/s1. The zero-order valence-electron chi connectivity index (χ0n) is 15.9. The highest BCUT2D eigenvalue weighted by atomic mass is 16.5. The smallest absolute Gasteiger partial charge is 0.193 e. The molecule has 1 fully saturated rings. The molecule has 0 spiro atoms. The van der Waals surface area contributed by atoms with E-state index in [9.17, 15) is 40.5 Å². The lowest BCUT2D eigenvalue weighted by Crippen LogP contribution is -2.55. The van der Waals surface area contributed by atoms with Crippen LogP contribution in [-0.2, 0) is 4.74 Å². The molecule has 1 aliphatic heterocycles. The van der Waals surface area contributed by atoms with Crippen LogP contribution >= 0.6 is 0 Å². The Morgan fingerprint density at radius 2 is 1.58 bits per heavy atom. The third-order valence-corrected chi connectivity index (χ3v) is 5.34. The van der Waals surface area contributed by atoms with E-state index in [4.69, 9.17) is 9.15 Å². The second kappa shape index (κ2) is 7.84. The van der Waals surface area contributed by atoms with Gasteiger partial charge in [-0.3, -0.25) is 4.79 Å². The molecule has 10 nitrogen and oxygen atoms in total. The summed E-state index contributed by atoms with van der Waals surface area (Å²) < 4.78 is 11.1. The SMILES string of the molecule is O=c1cc(-c2ccc(O)c(O)c2)oc2cc(O)c([C@@H]3O[C@H](CO)[C@@H](O)[C@H](O)[C@H]3O)cc12. The second-order valence-corrected chi connectivity index (χ2v) is 7.34. The minimum atomic E-state index is -1.65. The first-order chi connectivity index (χ1) is 14.7. The summed E-state index contributed by atoms with van der Waals surface area (Å²) in [4.78, 5) is 12.7. The van der Waals surface area contributed by atoms with Crippen molar-refractivity contribution in [3.8, 4) is 28.6 Å². The van der Waals surface area contributed by atoms with E-state index in [0.717, 1.165) is 12.1 Å². The lowest BCUT2D eigenvalue weighted by atomic mass is 9.90. The van der Waals surface area contributed by atoms with E-state index in [1.165, 1.54) is 24.3 Å². The van der Waals surface area contributed by atoms with Gasteiger partial charge in [0.1, 0.15) is 47.6 Å². The second-order valence-electron chi connectivity index (χ2n) is 7.34. The molecular weight excluding hydrogens is 412 g/mol. The summed E-state index contributed by atoms with van der Waals surface area (Å²) in [5.41, 5.74) is -0.228. The Kier molecular flexibility index (Phi) is 5.33.